The molecule has 5 atom stereocenters. The van der Waals surface area contributed by atoms with E-state index in [4.69, 9.17) is 9.47 Å². The molecular formula is C28H42N4O9S. The Balaban J connectivity index is 1.61. The van der Waals surface area contributed by atoms with Crippen molar-refractivity contribution in [1.82, 2.24) is 20.3 Å². The highest BCUT2D eigenvalue weighted by atomic mass is 32.2. The number of nitrogens with one attached hydrogen (secondary N) is 3. The number of hydrogen-bond acceptors (Lipinski definition) is 9. The number of sulfonamides is 1. The van der Waals surface area contributed by atoms with Crippen LogP contribution in [-0.2, 0) is 38.7 Å². The van der Waals surface area contributed by atoms with Crippen LogP contribution in [0.1, 0.15) is 85.5 Å². The van der Waals surface area contributed by atoms with E-state index in [1.165, 1.54) is 11.8 Å². The summed E-state index contributed by atoms with van der Waals surface area (Å²) in [5.74, 6) is -3.01. The number of hydrogen-bond donors (Lipinski definition) is 3. The van der Waals surface area contributed by atoms with Crippen LogP contribution in [0.4, 0.5) is 4.79 Å². The molecule has 3 fully saturated rings. The molecule has 0 aromatic rings. The van der Waals surface area contributed by atoms with Gasteiger partial charge in [-0.15, -0.1) is 0 Å². The zero-order chi connectivity index (χ0) is 30.9. The number of amides is 4. The minimum absolute atomic E-state index is 0.0190. The van der Waals surface area contributed by atoms with Crippen LogP contribution in [0.15, 0.2) is 12.2 Å². The van der Waals surface area contributed by atoms with E-state index in [-0.39, 0.29) is 19.4 Å². The topological polar surface area (TPSA) is 177 Å². The minimum Gasteiger partial charge on any atom is -0.461 e. The lowest BCUT2D eigenvalue weighted by Gasteiger charge is -2.30. The molecule has 234 valence electrons. The Labute approximate surface area is 246 Å². The Bertz CT molecular complexity index is 1240. The maximum atomic E-state index is 13.9. The molecule has 4 aliphatic rings. The van der Waals surface area contributed by atoms with Crippen LogP contribution in [0.25, 0.3) is 0 Å². The van der Waals surface area contributed by atoms with Gasteiger partial charge in [-0.2, -0.15) is 0 Å². The molecular weight excluding hydrogens is 568 g/mol. The van der Waals surface area contributed by atoms with Crippen molar-refractivity contribution in [3.63, 3.8) is 0 Å². The van der Waals surface area contributed by atoms with Gasteiger partial charge >= 0.3 is 12.1 Å². The first-order valence-corrected chi connectivity index (χ1v) is 16.2. The van der Waals surface area contributed by atoms with Crippen LogP contribution >= 0.6 is 0 Å². The Morgan fingerprint density at radius 3 is 2.45 bits per heavy atom. The van der Waals surface area contributed by atoms with Crippen LogP contribution < -0.4 is 15.4 Å². The van der Waals surface area contributed by atoms with Crippen molar-refractivity contribution in [3.8, 4) is 0 Å². The fraction of sp³-hybridized carbons (Fsp3) is 0.750. The van der Waals surface area contributed by atoms with Crippen molar-refractivity contribution >= 4 is 39.8 Å². The highest BCUT2D eigenvalue weighted by Crippen LogP contribution is 2.46. The van der Waals surface area contributed by atoms with Gasteiger partial charge in [0.1, 0.15) is 29.3 Å². The van der Waals surface area contributed by atoms with E-state index in [0.29, 0.717) is 32.1 Å². The normalized spacial score (nSPS) is 30.5. The number of ether oxygens (including phenoxy) is 2. The molecule has 1 saturated heterocycles. The number of esters is 1. The SMILES string of the molecule is CC(=O)O[C@@H]1C[C@H]2C(=O)N[C@]3(C(=O)NS(=O)(=O)C4CC4)C[C@H]3C=CCCCCC[C@H](NC(=O)OC(C)(C)C)C(=O)N2C1. The van der Waals surface area contributed by atoms with Crippen LogP contribution in [0.2, 0.25) is 0 Å². The summed E-state index contributed by atoms with van der Waals surface area (Å²) in [5.41, 5.74) is -2.28. The van der Waals surface area contributed by atoms with E-state index in [1.54, 1.807) is 20.8 Å². The standard InChI is InChI=1S/C28H42N4O9S/c1-17(33)40-19-14-22-23(34)30-28(25(36)31-42(38,39)20-12-13-20)15-18(28)10-8-6-5-7-9-11-21(24(35)32(22)16-19)29-26(37)41-27(2,3)4/h8,10,18-22H,5-7,9,11-16H2,1-4H3,(H,29,37)(H,30,34)(H,31,36)/t18-,19-,21+,22+,28-/m1/s1. The summed E-state index contributed by atoms with van der Waals surface area (Å²) < 4.78 is 38.0. The Kier molecular flexibility index (Phi) is 9.24. The molecule has 13 nitrogen and oxygen atoms in total. The quantitative estimate of drug-likeness (QED) is 0.307. The first-order chi connectivity index (χ1) is 19.6. The first-order valence-electron chi connectivity index (χ1n) is 14.6. The van der Waals surface area contributed by atoms with Crippen LogP contribution in [0.3, 0.4) is 0 Å². The summed E-state index contributed by atoms with van der Waals surface area (Å²) in [7, 11) is -3.86. The van der Waals surface area contributed by atoms with Crippen molar-refractivity contribution in [2.75, 3.05) is 6.54 Å². The molecule has 0 radical (unpaired) electrons. The molecule has 42 heavy (non-hydrogen) atoms. The molecule has 4 rings (SSSR count). The molecule has 0 aromatic heterocycles. The lowest BCUT2D eigenvalue weighted by Crippen LogP contribution is -2.58. The van der Waals surface area contributed by atoms with Crippen LogP contribution in [0.5, 0.6) is 0 Å². The van der Waals surface area contributed by atoms with Gasteiger partial charge in [0.15, 0.2) is 0 Å². The Morgan fingerprint density at radius 2 is 1.81 bits per heavy atom. The predicted molar refractivity (Wildman–Crippen MR) is 150 cm³/mol. The van der Waals surface area contributed by atoms with E-state index in [2.05, 4.69) is 15.4 Å². The average Bonchev–Trinajstić information content (AvgIpc) is 3.78. The van der Waals surface area contributed by atoms with Gasteiger partial charge in [0.2, 0.25) is 21.8 Å². The van der Waals surface area contributed by atoms with Crippen LogP contribution in [-0.4, -0.2) is 84.2 Å². The molecule has 14 heteroatoms. The predicted octanol–water partition coefficient (Wildman–Crippen LogP) is 1.42. The van der Waals surface area contributed by atoms with E-state index in [1.807, 2.05) is 12.2 Å². The van der Waals surface area contributed by atoms with Gasteiger partial charge in [0.25, 0.3) is 5.91 Å². The van der Waals surface area contributed by atoms with Crippen molar-refractivity contribution in [3.05, 3.63) is 12.2 Å². The van der Waals surface area contributed by atoms with Gasteiger partial charge in [-0.05, 0) is 59.3 Å². The lowest BCUT2D eigenvalue weighted by atomic mass is 10.0. The number of alkyl carbamates (subject to hydrolysis) is 1. The number of nitrogens with zero attached hydrogens (tertiary/aromatic N) is 1. The lowest BCUT2D eigenvalue weighted by molar-refractivity contribution is -0.146. The average molecular weight is 611 g/mol. The second kappa shape index (κ2) is 12.2. The van der Waals surface area contributed by atoms with E-state index in [9.17, 15) is 32.4 Å². The fourth-order valence-electron chi connectivity index (χ4n) is 5.53. The summed E-state index contributed by atoms with van der Waals surface area (Å²) >= 11 is 0. The molecule has 0 aromatic carbocycles. The number of carbonyl (C=O) groups excluding carboxylic acids is 5. The van der Waals surface area contributed by atoms with Crippen molar-refractivity contribution in [2.24, 2.45) is 5.92 Å². The number of allylic oxidation sites excluding steroid dienone is 1. The molecule has 0 unspecified atom stereocenters. The molecule has 0 bridgehead atoms. The monoisotopic (exact) mass is 610 g/mol. The van der Waals surface area contributed by atoms with E-state index >= 15 is 0 Å². The Morgan fingerprint density at radius 1 is 1.10 bits per heavy atom. The summed E-state index contributed by atoms with van der Waals surface area (Å²) in [6.07, 6.45) is 6.50. The summed E-state index contributed by atoms with van der Waals surface area (Å²) in [4.78, 5) is 66.6. The molecule has 4 amide bonds. The maximum Gasteiger partial charge on any atom is 0.408 e. The third-order valence-corrected chi connectivity index (χ3v) is 9.69. The van der Waals surface area contributed by atoms with Gasteiger partial charge in [-0.25, -0.2) is 13.2 Å². The minimum atomic E-state index is -3.86. The highest BCUT2D eigenvalue weighted by molar-refractivity contribution is 7.91. The smallest absolute Gasteiger partial charge is 0.408 e. The second-order valence-electron chi connectivity index (χ2n) is 12.7. The number of fused-ring (bicyclic) bond motifs is 2. The van der Waals surface area contributed by atoms with Crippen LogP contribution in [0, 0.1) is 5.92 Å². The van der Waals surface area contributed by atoms with Gasteiger partial charge in [-0.3, -0.25) is 23.9 Å². The highest BCUT2D eigenvalue weighted by Gasteiger charge is 2.62. The van der Waals surface area contributed by atoms with Gasteiger partial charge in [0, 0.05) is 19.3 Å². The molecule has 2 aliphatic heterocycles. The second-order valence-corrected chi connectivity index (χ2v) is 14.6. The third-order valence-electron chi connectivity index (χ3n) is 7.87. The molecule has 3 N–H and O–H groups in total. The zero-order valence-electron chi connectivity index (χ0n) is 24.6. The Hall–Kier alpha value is -3.16. The fourth-order valence-corrected chi connectivity index (χ4v) is 6.90. The van der Waals surface area contributed by atoms with Gasteiger partial charge in [-0.1, -0.05) is 25.0 Å². The summed E-state index contributed by atoms with van der Waals surface area (Å²) in [6.45, 7) is 6.26. The van der Waals surface area contributed by atoms with Crippen molar-refractivity contribution in [2.45, 2.75) is 120 Å². The molecule has 2 saturated carbocycles. The number of rotatable bonds is 5. The number of carbonyl (C=O) groups is 5. The molecule has 2 aliphatic carbocycles. The molecule has 0 spiro atoms. The molecule has 2 heterocycles. The van der Waals surface area contributed by atoms with Crippen molar-refractivity contribution in [1.29, 1.82) is 0 Å². The first kappa shape index (κ1) is 31.8. The summed E-state index contributed by atoms with van der Waals surface area (Å²) in [5, 5.41) is 4.79. The van der Waals surface area contributed by atoms with E-state index < -0.39 is 80.3 Å². The van der Waals surface area contributed by atoms with Crippen molar-refractivity contribution < 1.29 is 41.9 Å². The maximum absolute atomic E-state index is 13.9. The summed E-state index contributed by atoms with van der Waals surface area (Å²) in [6, 6.07) is -2.12. The van der Waals surface area contributed by atoms with E-state index in [0.717, 1.165) is 12.8 Å². The van der Waals surface area contributed by atoms with Gasteiger partial charge in [0.05, 0.1) is 11.8 Å². The largest absolute Gasteiger partial charge is 0.461 e. The zero-order valence-corrected chi connectivity index (χ0v) is 25.5. The van der Waals surface area contributed by atoms with Gasteiger partial charge < -0.3 is 25.0 Å². The third kappa shape index (κ3) is 7.81.